The summed E-state index contributed by atoms with van der Waals surface area (Å²) in [5, 5.41) is 9.60. The maximum Gasteiger partial charge on any atom is 0.143 e. The predicted octanol–water partition coefficient (Wildman–Crippen LogP) is 2.71. The number of aliphatic hydroxyl groups is 1. The molecule has 0 aromatic heterocycles. The lowest BCUT2D eigenvalue weighted by atomic mass is 10.1. The van der Waals surface area contributed by atoms with Gasteiger partial charge in [-0.1, -0.05) is 0 Å². The Labute approximate surface area is 82.5 Å². The van der Waals surface area contributed by atoms with Crippen molar-refractivity contribution in [3.8, 4) is 0 Å². The molecule has 0 atom stereocenters. The van der Waals surface area contributed by atoms with Crippen molar-refractivity contribution in [3.05, 3.63) is 33.8 Å². The van der Waals surface area contributed by atoms with Gasteiger partial charge < -0.3 is 5.11 Å². The molecular formula is C9H7BrF2O. The number of hydrogen-bond acceptors (Lipinski definition) is 1. The summed E-state index contributed by atoms with van der Waals surface area (Å²) in [6.45, 7) is 0. The summed E-state index contributed by atoms with van der Waals surface area (Å²) in [5.74, 6) is -1.11. The van der Waals surface area contributed by atoms with Crippen molar-refractivity contribution in [3.63, 3.8) is 0 Å². The topological polar surface area (TPSA) is 20.2 Å². The van der Waals surface area contributed by atoms with Gasteiger partial charge in [0, 0.05) is 5.56 Å². The van der Waals surface area contributed by atoms with Crippen molar-refractivity contribution in [2.24, 2.45) is 0 Å². The highest BCUT2D eigenvalue weighted by Gasteiger charge is 2.44. The van der Waals surface area contributed by atoms with Crippen LogP contribution in [0.5, 0.6) is 0 Å². The van der Waals surface area contributed by atoms with Gasteiger partial charge in [-0.2, -0.15) is 0 Å². The van der Waals surface area contributed by atoms with Gasteiger partial charge in [-0.3, -0.25) is 0 Å². The van der Waals surface area contributed by atoms with Gasteiger partial charge >= 0.3 is 0 Å². The van der Waals surface area contributed by atoms with E-state index in [0.29, 0.717) is 12.8 Å². The molecule has 0 amide bonds. The lowest BCUT2D eigenvalue weighted by Gasteiger charge is -2.10. The third-order valence-corrected chi connectivity index (χ3v) is 2.79. The molecule has 70 valence electrons. The Bertz CT molecular complexity index is 361. The third-order valence-electron chi connectivity index (χ3n) is 2.22. The van der Waals surface area contributed by atoms with Crippen LogP contribution in [0.1, 0.15) is 18.4 Å². The van der Waals surface area contributed by atoms with Crippen LogP contribution in [-0.4, -0.2) is 5.11 Å². The third kappa shape index (κ3) is 1.48. The minimum absolute atomic E-state index is 0.0550. The molecule has 13 heavy (non-hydrogen) atoms. The molecule has 1 nitrogen and oxygen atoms in total. The molecule has 0 heterocycles. The number of hydrogen-bond donors (Lipinski definition) is 1. The van der Waals surface area contributed by atoms with E-state index in [1.807, 2.05) is 0 Å². The zero-order valence-corrected chi connectivity index (χ0v) is 8.24. The van der Waals surface area contributed by atoms with Gasteiger partial charge in [-0.25, -0.2) is 8.78 Å². The summed E-state index contributed by atoms with van der Waals surface area (Å²) in [5.41, 5.74) is -1.08. The lowest BCUT2D eigenvalue weighted by molar-refractivity contribution is 0.146. The molecule has 1 aliphatic carbocycles. The van der Waals surface area contributed by atoms with Crippen molar-refractivity contribution in [1.29, 1.82) is 0 Å². The van der Waals surface area contributed by atoms with E-state index in [4.69, 9.17) is 0 Å². The van der Waals surface area contributed by atoms with Crippen LogP contribution >= 0.6 is 15.9 Å². The van der Waals surface area contributed by atoms with Crippen molar-refractivity contribution in [1.82, 2.24) is 0 Å². The van der Waals surface area contributed by atoms with Crippen LogP contribution in [0.15, 0.2) is 16.6 Å². The molecule has 0 bridgehead atoms. The van der Waals surface area contributed by atoms with E-state index >= 15 is 0 Å². The fourth-order valence-electron chi connectivity index (χ4n) is 1.28. The van der Waals surface area contributed by atoms with Gasteiger partial charge in [-0.05, 0) is 40.9 Å². The minimum Gasteiger partial charge on any atom is -0.385 e. The normalized spacial score (nSPS) is 18.8. The number of benzene rings is 1. The molecule has 1 N–H and O–H groups in total. The van der Waals surface area contributed by atoms with E-state index in [9.17, 15) is 13.9 Å². The molecule has 0 unspecified atom stereocenters. The summed E-state index contributed by atoms with van der Waals surface area (Å²) >= 11 is 2.89. The van der Waals surface area contributed by atoms with Crippen LogP contribution in [0, 0.1) is 11.6 Å². The molecule has 1 aliphatic rings. The van der Waals surface area contributed by atoms with Crippen LogP contribution in [0.25, 0.3) is 0 Å². The largest absolute Gasteiger partial charge is 0.385 e. The maximum atomic E-state index is 13.3. The maximum absolute atomic E-state index is 13.3. The van der Waals surface area contributed by atoms with Gasteiger partial charge in [0.05, 0.1) is 10.1 Å². The van der Waals surface area contributed by atoms with Crippen molar-refractivity contribution < 1.29 is 13.9 Å². The second-order valence-corrected chi connectivity index (χ2v) is 4.14. The summed E-state index contributed by atoms with van der Waals surface area (Å²) in [7, 11) is 0. The summed E-state index contributed by atoms with van der Waals surface area (Å²) in [6, 6.07) is 2.09. The van der Waals surface area contributed by atoms with Gasteiger partial charge in [0.25, 0.3) is 0 Å². The first-order valence-corrected chi connectivity index (χ1v) is 4.70. The summed E-state index contributed by atoms with van der Waals surface area (Å²) in [4.78, 5) is 0. The zero-order chi connectivity index (χ0) is 9.64. The predicted molar refractivity (Wildman–Crippen MR) is 47.2 cm³/mol. The van der Waals surface area contributed by atoms with E-state index in [1.165, 1.54) is 0 Å². The molecule has 1 aromatic rings. The van der Waals surface area contributed by atoms with Gasteiger partial charge in [0.2, 0.25) is 0 Å². The Morgan fingerprint density at radius 2 is 1.92 bits per heavy atom. The van der Waals surface area contributed by atoms with Gasteiger partial charge in [0.15, 0.2) is 0 Å². The number of halogens is 3. The molecule has 0 spiro atoms. The molecule has 2 rings (SSSR count). The first kappa shape index (κ1) is 9.09. The zero-order valence-electron chi connectivity index (χ0n) is 6.65. The molecule has 0 aliphatic heterocycles. The lowest BCUT2D eigenvalue weighted by Crippen LogP contribution is -2.08. The summed E-state index contributed by atoms with van der Waals surface area (Å²) < 4.78 is 26.3. The van der Waals surface area contributed by atoms with Crippen LogP contribution < -0.4 is 0 Å². The smallest absolute Gasteiger partial charge is 0.143 e. The van der Waals surface area contributed by atoms with Gasteiger partial charge in [-0.15, -0.1) is 0 Å². The highest BCUT2D eigenvalue weighted by Crippen LogP contribution is 2.47. The van der Waals surface area contributed by atoms with E-state index < -0.39 is 17.2 Å². The Hall–Kier alpha value is -0.480. The van der Waals surface area contributed by atoms with Crippen molar-refractivity contribution in [2.45, 2.75) is 18.4 Å². The van der Waals surface area contributed by atoms with E-state index in [2.05, 4.69) is 15.9 Å². The Morgan fingerprint density at radius 3 is 2.46 bits per heavy atom. The first-order valence-electron chi connectivity index (χ1n) is 3.90. The first-order chi connectivity index (χ1) is 6.03. The highest BCUT2D eigenvalue weighted by molar-refractivity contribution is 9.10. The average molecular weight is 249 g/mol. The van der Waals surface area contributed by atoms with Crippen molar-refractivity contribution >= 4 is 15.9 Å². The van der Waals surface area contributed by atoms with Crippen LogP contribution in [0.3, 0.4) is 0 Å². The standard InChI is InChI=1S/C9H7BrF2O/c10-7-4-5(11)3-6(8(7)12)9(13)1-2-9/h3-4,13H,1-2H2. The van der Waals surface area contributed by atoms with E-state index in [0.717, 1.165) is 12.1 Å². The Balaban J connectivity index is 2.56. The molecule has 0 radical (unpaired) electrons. The van der Waals surface area contributed by atoms with Crippen molar-refractivity contribution in [2.75, 3.05) is 0 Å². The quantitative estimate of drug-likeness (QED) is 0.758. The molecule has 1 saturated carbocycles. The van der Waals surface area contributed by atoms with Gasteiger partial charge in [0.1, 0.15) is 11.6 Å². The van der Waals surface area contributed by atoms with E-state index in [1.54, 1.807) is 0 Å². The fraction of sp³-hybridized carbons (Fsp3) is 0.333. The second-order valence-electron chi connectivity index (χ2n) is 3.28. The van der Waals surface area contributed by atoms with E-state index in [-0.39, 0.29) is 10.0 Å². The monoisotopic (exact) mass is 248 g/mol. The highest BCUT2D eigenvalue weighted by atomic mass is 79.9. The van der Waals surface area contributed by atoms with Crippen LogP contribution in [0.2, 0.25) is 0 Å². The average Bonchev–Trinajstić information content (AvgIpc) is 2.77. The SMILES string of the molecule is OC1(c2cc(F)cc(Br)c2F)CC1. The molecule has 1 fully saturated rings. The molecule has 4 heteroatoms. The second kappa shape index (κ2) is 2.75. The fourth-order valence-corrected chi connectivity index (χ4v) is 1.71. The Morgan fingerprint density at radius 1 is 1.31 bits per heavy atom. The minimum atomic E-state index is -1.13. The summed E-state index contributed by atoms with van der Waals surface area (Å²) in [6.07, 6.45) is 1.000. The molecule has 0 saturated heterocycles. The molecular weight excluding hydrogens is 242 g/mol. The van der Waals surface area contributed by atoms with Crippen LogP contribution in [-0.2, 0) is 5.60 Å². The Kier molecular flexibility index (Phi) is 1.92. The number of rotatable bonds is 1. The molecule has 1 aromatic carbocycles. The van der Waals surface area contributed by atoms with Crippen LogP contribution in [0.4, 0.5) is 8.78 Å².